The molecule has 4 aromatic rings. The Kier molecular flexibility index (Phi) is 8.85. The van der Waals surface area contributed by atoms with E-state index in [1.54, 1.807) is 17.9 Å². The summed E-state index contributed by atoms with van der Waals surface area (Å²) in [5.41, 5.74) is 6.60. The second-order valence-electron chi connectivity index (χ2n) is 12.9. The molecule has 0 spiro atoms. The fourth-order valence-electron chi connectivity index (χ4n) is 7.52. The number of hydrogen-bond donors (Lipinski definition) is 1. The van der Waals surface area contributed by atoms with E-state index >= 15 is 4.39 Å². The van der Waals surface area contributed by atoms with Gasteiger partial charge in [-0.25, -0.2) is 8.78 Å². The molecule has 256 valence electrons. The summed E-state index contributed by atoms with van der Waals surface area (Å²) in [6, 6.07) is 6.29. The molecule has 5 heterocycles. The number of piperazine rings is 1. The molecule has 10 nitrogen and oxygen atoms in total. The largest absolute Gasteiger partial charge is 0.461 e. The van der Waals surface area contributed by atoms with Gasteiger partial charge in [-0.3, -0.25) is 9.69 Å². The molecule has 3 aliphatic rings. The van der Waals surface area contributed by atoms with Gasteiger partial charge >= 0.3 is 6.01 Å². The second kappa shape index (κ2) is 13.0. The molecule has 14 heteroatoms. The Morgan fingerprint density at radius 3 is 2.57 bits per heavy atom. The Balaban J connectivity index is 1.31. The third kappa shape index (κ3) is 5.64. The molecule has 2 aromatic heterocycles. The lowest BCUT2D eigenvalue weighted by Crippen LogP contribution is -2.50. The fraction of sp³-hybridized carbons (Fsp3) is 0.429. The number of aromatic nitrogens is 2. The number of rotatable bonds is 8. The van der Waals surface area contributed by atoms with Crippen LogP contribution >= 0.6 is 22.9 Å². The molecule has 2 N–H and O–H groups in total. The van der Waals surface area contributed by atoms with Crippen molar-refractivity contribution in [2.45, 2.75) is 44.2 Å². The third-order valence-electron chi connectivity index (χ3n) is 10.3. The van der Waals surface area contributed by atoms with Gasteiger partial charge < -0.3 is 25.0 Å². The van der Waals surface area contributed by atoms with E-state index < -0.39 is 17.7 Å². The van der Waals surface area contributed by atoms with Crippen molar-refractivity contribution in [3.63, 3.8) is 0 Å². The maximum absolute atomic E-state index is 17.0. The van der Waals surface area contributed by atoms with Crippen molar-refractivity contribution in [2.24, 2.45) is 0 Å². The van der Waals surface area contributed by atoms with Crippen LogP contribution < -0.4 is 15.4 Å². The fourth-order valence-corrected chi connectivity index (χ4v) is 8.76. The lowest BCUT2D eigenvalue weighted by atomic mass is 9.95. The van der Waals surface area contributed by atoms with E-state index in [1.807, 2.05) is 11.0 Å². The van der Waals surface area contributed by atoms with Crippen LogP contribution in [0, 0.1) is 23.0 Å². The summed E-state index contributed by atoms with van der Waals surface area (Å²) < 4.78 is 43.7. The van der Waals surface area contributed by atoms with Gasteiger partial charge in [-0.1, -0.05) is 24.2 Å². The Morgan fingerprint density at radius 1 is 1.18 bits per heavy atom. The first-order chi connectivity index (χ1) is 23.6. The Bertz CT molecular complexity index is 2030. The minimum Gasteiger partial charge on any atom is -0.461 e. The van der Waals surface area contributed by atoms with Gasteiger partial charge in [0.15, 0.2) is 5.82 Å². The number of ether oxygens (including phenoxy) is 2. The van der Waals surface area contributed by atoms with Gasteiger partial charge in [0.25, 0.3) is 5.91 Å². The molecular formula is C35H36ClF2N7O3S. The second-order valence-corrected chi connectivity index (χ2v) is 14.4. The van der Waals surface area contributed by atoms with E-state index in [1.165, 1.54) is 19.2 Å². The topological polar surface area (TPSA) is 121 Å². The molecule has 2 aromatic carbocycles. The standard InChI is InChI=1S/C35H36ClF2N7O3S/c1-19(20(2)47-3)33(46)44-14-12-43(13-15-44)32-22-16-24(36)27(21-6-7-25(37)30-26(21)23(17-39)31(40)49-30)28(38)29(22)41-34(42-32)48-18-35-8-4-10-45(35)11-5-9-35/h6-7,16,20H,1,4-5,8-15,18,40H2,2-3H3. The number of carbonyl (C=O) groups is 1. The van der Waals surface area contributed by atoms with Crippen molar-refractivity contribution in [3.8, 4) is 23.2 Å². The monoisotopic (exact) mass is 707 g/mol. The number of halogens is 3. The van der Waals surface area contributed by atoms with Crippen LogP contribution in [0.4, 0.5) is 19.6 Å². The number of nitrogens with zero attached hydrogens (tertiary/aromatic N) is 6. The van der Waals surface area contributed by atoms with E-state index in [2.05, 4.69) is 16.5 Å². The number of methoxy groups -OCH3 is 1. The van der Waals surface area contributed by atoms with Gasteiger partial charge in [0, 0.05) is 55.2 Å². The lowest BCUT2D eigenvalue weighted by molar-refractivity contribution is -0.128. The summed E-state index contributed by atoms with van der Waals surface area (Å²) in [4.78, 5) is 28.7. The molecule has 1 atom stereocenters. The van der Waals surface area contributed by atoms with Gasteiger partial charge in [0.05, 0.1) is 26.9 Å². The first-order valence-electron chi connectivity index (χ1n) is 16.3. The van der Waals surface area contributed by atoms with Crippen LogP contribution in [0.15, 0.2) is 30.4 Å². The van der Waals surface area contributed by atoms with Crippen molar-refractivity contribution in [1.82, 2.24) is 19.8 Å². The SMILES string of the molecule is C=C(C(=O)N1CCN(c2nc(OCC34CCCN3CCC4)nc3c(F)c(-c4ccc(F)c5sc(N)c(C#N)c45)c(Cl)cc23)CC1)C(C)OC. The average molecular weight is 708 g/mol. The Morgan fingerprint density at radius 2 is 1.90 bits per heavy atom. The molecule has 3 fully saturated rings. The summed E-state index contributed by atoms with van der Waals surface area (Å²) in [6.45, 7) is 9.69. The number of carbonyl (C=O) groups excluding carboxylic acids is 1. The van der Waals surface area contributed by atoms with Crippen molar-refractivity contribution in [1.29, 1.82) is 5.26 Å². The first kappa shape index (κ1) is 33.4. The Labute approximate surface area is 291 Å². The zero-order valence-corrected chi connectivity index (χ0v) is 28.9. The predicted octanol–water partition coefficient (Wildman–Crippen LogP) is 6.14. The third-order valence-corrected chi connectivity index (χ3v) is 11.6. The normalized spacial score (nSPS) is 18.2. The zero-order valence-electron chi connectivity index (χ0n) is 27.3. The van der Waals surface area contributed by atoms with Crippen LogP contribution in [0.25, 0.3) is 32.1 Å². The van der Waals surface area contributed by atoms with Crippen LogP contribution in [-0.4, -0.2) is 90.3 Å². The minimum absolute atomic E-state index is 0.0217. The van der Waals surface area contributed by atoms with Crippen molar-refractivity contribution in [3.05, 3.63) is 52.6 Å². The molecular weight excluding hydrogens is 672 g/mol. The quantitative estimate of drug-likeness (QED) is 0.215. The molecule has 0 radical (unpaired) electrons. The maximum Gasteiger partial charge on any atom is 0.319 e. The van der Waals surface area contributed by atoms with Gasteiger partial charge in [-0.2, -0.15) is 15.2 Å². The molecule has 3 saturated heterocycles. The van der Waals surface area contributed by atoms with E-state index in [4.69, 9.17) is 31.8 Å². The molecule has 0 aliphatic carbocycles. The predicted molar refractivity (Wildman–Crippen MR) is 187 cm³/mol. The number of nitrogens with two attached hydrogens (primary N) is 1. The van der Waals surface area contributed by atoms with Gasteiger partial charge in [0.1, 0.15) is 34.8 Å². The van der Waals surface area contributed by atoms with E-state index in [9.17, 15) is 14.4 Å². The van der Waals surface area contributed by atoms with Crippen molar-refractivity contribution >= 4 is 60.7 Å². The maximum atomic E-state index is 17.0. The molecule has 7 rings (SSSR count). The summed E-state index contributed by atoms with van der Waals surface area (Å²) in [6.07, 6.45) is 3.78. The smallest absolute Gasteiger partial charge is 0.319 e. The highest BCUT2D eigenvalue weighted by Gasteiger charge is 2.45. The van der Waals surface area contributed by atoms with E-state index in [-0.39, 0.29) is 59.8 Å². The van der Waals surface area contributed by atoms with Crippen LogP contribution in [-0.2, 0) is 9.53 Å². The highest BCUT2D eigenvalue weighted by molar-refractivity contribution is 7.23. The summed E-state index contributed by atoms with van der Waals surface area (Å²) in [5, 5.41) is 10.6. The summed E-state index contributed by atoms with van der Waals surface area (Å²) >= 11 is 7.78. The number of benzene rings is 2. The highest BCUT2D eigenvalue weighted by Crippen LogP contribution is 2.46. The number of amides is 1. The molecule has 1 unspecified atom stereocenters. The van der Waals surface area contributed by atoms with Crippen LogP contribution in [0.1, 0.15) is 38.2 Å². The number of anilines is 2. The molecule has 0 saturated carbocycles. The first-order valence-corrected chi connectivity index (χ1v) is 17.5. The van der Waals surface area contributed by atoms with Crippen molar-refractivity contribution < 1.29 is 23.0 Å². The zero-order chi connectivity index (χ0) is 34.6. The molecule has 0 bridgehead atoms. The van der Waals surface area contributed by atoms with Crippen LogP contribution in [0.5, 0.6) is 6.01 Å². The average Bonchev–Trinajstić information content (AvgIpc) is 3.80. The summed E-state index contributed by atoms with van der Waals surface area (Å²) in [5.74, 6) is -1.08. The Hall–Kier alpha value is -4.09. The van der Waals surface area contributed by atoms with Crippen LogP contribution in [0.3, 0.4) is 0 Å². The number of thiophene rings is 1. The van der Waals surface area contributed by atoms with Crippen molar-refractivity contribution in [2.75, 3.05) is 63.6 Å². The lowest BCUT2D eigenvalue weighted by Gasteiger charge is -2.36. The van der Waals surface area contributed by atoms with Gasteiger partial charge in [-0.05, 0) is 63.4 Å². The summed E-state index contributed by atoms with van der Waals surface area (Å²) in [7, 11) is 1.53. The van der Waals surface area contributed by atoms with Gasteiger partial charge in [0.2, 0.25) is 0 Å². The van der Waals surface area contributed by atoms with Gasteiger partial charge in [-0.15, -0.1) is 11.3 Å². The van der Waals surface area contributed by atoms with E-state index in [0.29, 0.717) is 49.6 Å². The molecule has 1 amide bonds. The number of fused-ring (bicyclic) bond motifs is 3. The van der Waals surface area contributed by atoms with Crippen LogP contribution in [0.2, 0.25) is 5.02 Å². The molecule has 3 aliphatic heterocycles. The number of nitriles is 1. The number of hydrogen-bond acceptors (Lipinski definition) is 10. The van der Waals surface area contributed by atoms with E-state index in [0.717, 1.165) is 50.1 Å². The molecule has 49 heavy (non-hydrogen) atoms. The highest BCUT2D eigenvalue weighted by atomic mass is 35.5. The number of nitrogen functional groups attached to an aromatic ring is 1. The minimum atomic E-state index is -0.752.